The third kappa shape index (κ3) is 2.33. The lowest BCUT2D eigenvalue weighted by molar-refractivity contribution is 0.0697. The third-order valence-corrected chi connectivity index (χ3v) is 3.66. The highest BCUT2D eigenvalue weighted by Crippen LogP contribution is 2.26. The van der Waals surface area contributed by atoms with Crippen molar-refractivity contribution >= 4 is 27.2 Å². The van der Waals surface area contributed by atoms with Crippen LogP contribution in [-0.4, -0.2) is 22.2 Å². The molecule has 0 saturated carbocycles. The van der Waals surface area contributed by atoms with Gasteiger partial charge in [-0.3, -0.25) is 0 Å². The van der Waals surface area contributed by atoms with Crippen LogP contribution in [0.15, 0.2) is 23.7 Å². The Balaban J connectivity index is 2.18. The van der Waals surface area contributed by atoms with E-state index in [0.29, 0.717) is 6.54 Å². The quantitative estimate of drug-likeness (QED) is 0.858. The predicted octanol–water partition coefficient (Wildman–Crippen LogP) is 2.87. The van der Waals surface area contributed by atoms with Gasteiger partial charge in [-0.2, -0.15) is 0 Å². The van der Waals surface area contributed by atoms with Crippen LogP contribution in [0.25, 0.3) is 10.1 Å². The minimum atomic E-state index is -0.681. The summed E-state index contributed by atoms with van der Waals surface area (Å²) in [6, 6.07) is 4.05. The second-order valence-electron chi connectivity index (χ2n) is 4.20. The van der Waals surface area contributed by atoms with E-state index in [1.54, 1.807) is 17.5 Å². The van der Waals surface area contributed by atoms with E-state index in [4.69, 9.17) is 0 Å². The Morgan fingerprint density at radius 2 is 2.31 bits per heavy atom. The van der Waals surface area contributed by atoms with Crippen molar-refractivity contribution in [2.75, 3.05) is 11.9 Å². The number of anilines is 1. The maximum Gasteiger partial charge on any atom is 0.134 e. The van der Waals surface area contributed by atoms with Crippen molar-refractivity contribution in [3.05, 3.63) is 23.7 Å². The van der Waals surface area contributed by atoms with Crippen molar-refractivity contribution in [3.63, 3.8) is 0 Å². The van der Waals surface area contributed by atoms with Crippen molar-refractivity contribution in [3.8, 4) is 0 Å². The van der Waals surface area contributed by atoms with Gasteiger partial charge in [0.05, 0.1) is 5.60 Å². The summed E-state index contributed by atoms with van der Waals surface area (Å²) >= 11 is 1.70. The van der Waals surface area contributed by atoms with Gasteiger partial charge in [-0.05, 0) is 30.9 Å². The second-order valence-corrected chi connectivity index (χ2v) is 5.14. The Morgan fingerprint density at radius 3 is 3.06 bits per heavy atom. The van der Waals surface area contributed by atoms with E-state index in [0.717, 1.165) is 17.6 Å². The summed E-state index contributed by atoms with van der Waals surface area (Å²) in [6.45, 7) is 4.32. The van der Waals surface area contributed by atoms with Crippen molar-refractivity contribution in [2.24, 2.45) is 0 Å². The smallest absolute Gasteiger partial charge is 0.134 e. The third-order valence-electron chi connectivity index (χ3n) is 2.78. The lowest BCUT2D eigenvalue weighted by Gasteiger charge is -2.22. The van der Waals surface area contributed by atoms with Crippen LogP contribution in [0.1, 0.15) is 20.3 Å². The number of aromatic nitrogens is 1. The summed E-state index contributed by atoms with van der Waals surface area (Å²) in [5.74, 6) is 0.854. The van der Waals surface area contributed by atoms with E-state index < -0.39 is 5.60 Å². The molecule has 0 amide bonds. The van der Waals surface area contributed by atoms with Crippen LogP contribution in [0.4, 0.5) is 5.82 Å². The van der Waals surface area contributed by atoms with E-state index in [1.165, 1.54) is 4.70 Å². The first-order valence-electron chi connectivity index (χ1n) is 5.41. The number of pyridine rings is 1. The lowest BCUT2D eigenvalue weighted by Crippen LogP contribution is -2.32. The Kier molecular flexibility index (Phi) is 3.12. The van der Waals surface area contributed by atoms with Gasteiger partial charge in [0.25, 0.3) is 0 Å². The molecule has 86 valence electrons. The second kappa shape index (κ2) is 4.39. The van der Waals surface area contributed by atoms with Crippen molar-refractivity contribution in [1.82, 2.24) is 4.98 Å². The first-order valence-corrected chi connectivity index (χ1v) is 6.29. The Bertz CT molecular complexity index is 479. The summed E-state index contributed by atoms with van der Waals surface area (Å²) in [5.41, 5.74) is -0.681. The fraction of sp³-hybridized carbons (Fsp3) is 0.417. The normalized spacial score (nSPS) is 14.9. The zero-order valence-electron chi connectivity index (χ0n) is 9.53. The highest BCUT2D eigenvalue weighted by atomic mass is 32.1. The van der Waals surface area contributed by atoms with Gasteiger partial charge in [0, 0.05) is 22.8 Å². The molecule has 0 aliphatic heterocycles. The first-order chi connectivity index (χ1) is 7.62. The van der Waals surface area contributed by atoms with E-state index >= 15 is 0 Å². The van der Waals surface area contributed by atoms with Gasteiger partial charge < -0.3 is 10.4 Å². The SMILES string of the molecule is CCC(C)(O)CNc1nccc2sccc12. The van der Waals surface area contributed by atoms with Gasteiger partial charge >= 0.3 is 0 Å². The monoisotopic (exact) mass is 236 g/mol. The minimum Gasteiger partial charge on any atom is -0.388 e. The van der Waals surface area contributed by atoms with Crippen LogP contribution in [-0.2, 0) is 0 Å². The zero-order valence-corrected chi connectivity index (χ0v) is 10.3. The molecule has 2 aromatic rings. The average Bonchev–Trinajstić information content (AvgIpc) is 2.75. The molecule has 2 heterocycles. The van der Waals surface area contributed by atoms with E-state index in [1.807, 2.05) is 19.9 Å². The van der Waals surface area contributed by atoms with E-state index in [2.05, 4.69) is 21.7 Å². The molecule has 1 unspecified atom stereocenters. The molecule has 1 atom stereocenters. The molecule has 0 bridgehead atoms. The van der Waals surface area contributed by atoms with Gasteiger partial charge in [0.2, 0.25) is 0 Å². The number of fused-ring (bicyclic) bond motifs is 1. The van der Waals surface area contributed by atoms with Crippen LogP contribution in [0.5, 0.6) is 0 Å². The molecule has 0 aliphatic carbocycles. The maximum atomic E-state index is 9.92. The molecule has 4 heteroatoms. The summed E-state index contributed by atoms with van der Waals surface area (Å²) in [4.78, 5) is 4.30. The van der Waals surface area contributed by atoms with Gasteiger partial charge in [-0.15, -0.1) is 11.3 Å². The molecular formula is C12H16N2OS. The molecule has 0 saturated heterocycles. The Morgan fingerprint density at radius 1 is 1.50 bits per heavy atom. The molecule has 0 spiro atoms. The van der Waals surface area contributed by atoms with E-state index in [-0.39, 0.29) is 0 Å². The summed E-state index contributed by atoms with van der Waals surface area (Å²) < 4.78 is 1.22. The van der Waals surface area contributed by atoms with Crippen molar-refractivity contribution in [2.45, 2.75) is 25.9 Å². The number of rotatable bonds is 4. The van der Waals surface area contributed by atoms with Gasteiger partial charge in [0.1, 0.15) is 5.82 Å². The number of hydrogen-bond acceptors (Lipinski definition) is 4. The van der Waals surface area contributed by atoms with E-state index in [9.17, 15) is 5.11 Å². The molecule has 16 heavy (non-hydrogen) atoms. The Hall–Kier alpha value is -1.13. The molecule has 3 nitrogen and oxygen atoms in total. The number of hydrogen-bond donors (Lipinski definition) is 2. The Labute approximate surface area is 99.1 Å². The van der Waals surface area contributed by atoms with Crippen LogP contribution < -0.4 is 5.32 Å². The van der Waals surface area contributed by atoms with Crippen LogP contribution in [0.2, 0.25) is 0 Å². The van der Waals surface area contributed by atoms with Gasteiger partial charge in [-0.1, -0.05) is 6.92 Å². The molecule has 0 fully saturated rings. The standard InChI is InChI=1S/C12H16N2OS/c1-3-12(2,15)8-14-11-9-5-7-16-10(9)4-6-13-11/h4-7,15H,3,8H2,1-2H3,(H,13,14). The fourth-order valence-corrected chi connectivity index (χ4v) is 2.22. The summed E-state index contributed by atoms with van der Waals surface area (Å²) in [6.07, 6.45) is 2.52. The zero-order chi connectivity index (χ0) is 11.6. The molecule has 2 rings (SSSR count). The molecular weight excluding hydrogens is 220 g/mol. The molecule has 2 aromatic heterocycles. The van der Waals surface area contributed by atoms with Gasteiger partial charge in [-0.25, -0.2) is 4.98 Å². The number of thiophene rings is 1. The van der Waals surface area contributed by atoms with Crippen molar-refractivity contribution in [1.29, 1.82) is 0 Å². The first kappa shape index (κ1) is 11.4. The van der Waals surface area contributed by atoms with Crippen molar-refractivity contribution < 1.29 is 5.11 Å². The summed E-state index contributed by atoms with van der Waals surface area (Å²) in [7, 11) is 0. The molecule has 0 aromatic carbocycles. The maximum absolute atomic E-state index is 9.92. The fourth-order valence-electron chi connectivity index (χ4n) is 1.43. The number of nitrogens with zero attached hydrogens (tertiary/aromatic N) is 1. The summed E-state index contributed by atoms with van der Waals surface area (Å²) in [5, 5.41) is 16.3. The topological polar surface area (TPSA) is 45.1 Å². The predicted molar refractivity (Wildman–Crippen MR) is 69.0 cm³/mol. The molecule has 2 N–H and O–H groups in total. The lowest BCUT2D eigenvalue weighted by atomic mass is 10.0. The molecule has 0 radical (unpaired) electrons. The average molecular weight is 236 g/mol. The highest BCUT2D eigenvalue weighted by Gasteiger charge is 2.17. The largest absolute Gasteiger partial charge is 0.388 e. The highest BCUT2D eigenvalue weighted by molar-refractivity contribution is 7.17. The minimum absolute atomic E-state index is 0.519. The number of aliphatic hydroxyl groups is 1. The van der Waals surface area contributed by atoms with Crippen LogP contribution in [0, 0.1) is 0 Å². The van der Waals surface area contributed by atoms with Crippen LogP contribution >= 0.6 is 11.3 Å². The number of nitrogens with one attached hydrogen (secondary N) is 1. The van der Waals surface area contributed by atoms with Crippen LogP contribution in [0.3, 0.4) is 0 Å². The molecule has 0 aliphatic rings. The van der Waals surface area contributed by atoms with Gasteiger partial charge in [0.15, 0.2) is 0 Å².